The maximum Gasteiger partial charge on any atom is 0.169 e. The van der Waals surface area contributed by atoms with Gasteiger partial charge in [-0.3, -0.25) is 0 Å². The topological polar surface area (TPSA) is 294 Å². The number of hydrogen-bond acceptors (Lipinski definition) is 10. The van der Waals surface area contributed by atoms with E-state index in [-0.39, 0.29) is 6.42 Å². The molecule has 0 spiro atoms. The summed E-state index contributed by atoms with van der Waals surface area (Å²) >= 11 is 0. The molecule has 0 amide bonds. The first-order valence-corrected chi connectivity index (χ1v) is 8.56. The Morgan fingerprint density at radius 2 is 1.43 bits per heavy atom. The molecule has 18 heteroatoms. The summed E-state index contributed by atoms with van der Waals surface area (Å²) in [5.74, 6) is 0. The number of azide groups is 4. The van der Waals surface area contributed by atoms with E-state index in [1.807, 2.05) is 0 Å². The van der Waals surface area contributed by atoms with Crippen molar-refractivity contribution in [1.82, 2.24) is 0 Å². The zero-order valence-corrected chi connectivity index (χ0v) is 15.2. The van der Waals surface area contributed by atoms with E-state index >= 15 is 0 Å². The van der Waals surface area contributed by atoms with Crippen LogP contribution in [0.3, 0.4) is 0 Å². The van der Waals surface area contributed by atoms with Crippen LogP contribution in [0.2, 0.25) is 0 Å². The van der Waals surface area contributed by atoms with Crippen LogP contribution < -0.4 is 0 Å². The van der Waals surface area contributed by atoms with Crippen molar-refractivity contribution in [3.8, 4) is 0 Å². The Hall–Kier alpha value is -3.00. The first-order chi connectivity index (χ1) is 14.4. The average molecular weight is 426 g/mol. The second-order valence-electron chi connectivity index (χ2n) is 6.50. The highest BCUT2D eigenvalue weighted by Crippen LogP contribution is 2.32. The third-order valence-electron chi connectivity index (χ3n) is 4.81. The van der Waals surface area contributed by atoms with Gasteiger partial charge in [0.15, 0.2) is 6.29 Å². The molecule has 1 saturated heterocycles. The molecular formula is C12H18N12O6. The molecule has 162 valence electrons. The molecule has 2 rings (SSSR count). The highest BCUT2D eigenvalue weighted by Gasteiger charge is 2.49. The lowest BCUT2D eigenvalue weighted by molar-refractivity contribution is -0.287. The van der Waals surface area contributed by atoms with Gasteiger partial charge in [-0.2, -0.15) is 0 Å². The van der Waals surface area contributed by atoms with E-state index in [9.17, 15) is 20.4 Å². The van der Waals surface area contributed by atoms with Crippen molar-refractivity contribution in [1.29, 1.82) is 0 Å². The summed E-state index contributed by atoms with van der Waals surface area (Å²) in [6.45, 7) is -0.397. The molecule has 4 unspecified atom stereocenters. The Morgan fingerprint density at radius 3 is 2.03 bits per heavy atom. The molecule has 0 aromatic carbocycles. The molecular weight excluding hydrogens is 408 g/mol. The van der Waals surface area contributed by atoms with Crippen molar-refractivity contribution in [3.63, 3.8) is 0 Å². The van der Waals surface area contributed by atoms with Gasteiger partial charge in [0.25, 0.3) is 0 Å². The fraction of sp³-hybridized carbons (Fsp3) is 1.00. The number of aliphatic hydroxyl groups is 4. The number of rotatable bonds is 7. The Bertz CT molecular complexity index is 802. The molecule has 18 nitrogen and oxygen atoms in total. The third-order valence-corrected chi connectivity index (χ3v) is 4.81. The molecule has 0 aromatic rings. The maximum atomic E-state index is 10.4. The van der Waals surface area contributed by atoms with Gasteiger partial charge in [0.2, 0.25) is 0 Å². The summed E-state index contributed by atoms with van der Waals surface area (Å²) in [5, 5.41) is 54.4. The SMILES string of the molecule is [N-]=[N+]=NCC1O[C@H](O[C@@H]2C(N=[N+]=[N-])C[C@@H](N=[N+]=[N-])C(O)[C@H]2O)C(N=[N+]=[N-])[C@@H](O)[C@@H]1O. The number of aliphatic hydroxyl groups excluding tert-OH is 4. The summed E-state index contributed by atoms with van der Waals surface area (Å²) in [6.07, 6.45) is -11.0. The highest BCUT2D eigenvalue weighted by atomic mass is 16.7. The molecule has 0 bridgehead atoms. The van der Waals surface area contributed by atoms with Crippen LogP contribution >= 0.6 is 0 Å². The van der Waals surface area contributed by atoms with Gasteiger partial charge in [-0.05, 0) is 28.5 Å². The third kappa shape index (κ3) is 4.94. The Morgan fingerprint density at radius 1 is 0.800 bits per heavy atom. The lowest BCUT2D eigenvalue weighted by Gasteiger charge is -2.45. The van der Waals surface area contributed by atoms with Gasteiger partial charge in [-0.15, -0.1) is 0 Å². The molecule has 1 aliphatic heterocycles. The lowest BCUT2D eigenvalue weighted by atomic mass is 9.84. The van der Waals surface area contributed by atoms with Crippen LogP contribution in [0, 0.1) is 0 Å². The van der Waals surface area contributed by atoms with E-state index < -0.39 is 67.6 Å². The summed E-state index contributed by atoms with van der Waals surface area (Å²) in [4.78, 5) is 10.3. The van der Waals surface area contributed by atoms with E-state index in [1.54, 1.807) is 0 Å². The van der Waals surface area contributed by atoms with Crippen LogP contribution in [0.5, 0.6) is 0 Å². The summed E-state index contributed by atoms with van der Waals surface area (Å²) in [7, 11) is 0. The molecule has 1 aliphatic carbocycles. The zero-order chi connectivity index (χ0) is 22.3. The van der Waals surface area contributed by atoms with Crippen LogP contribution in [0.4, 0.5) is 0 Å². The van der Waals surface area contributed by atoms with Crippen LogP contribution in [-0.2, 0) is 9.47 Å². The van der Waals surface area contributed by atoms with Gasteiger partial charge in [0, 0.05) is 19.6 Å². The average Bonchev–Trinajstić information content (AvgIpc) is 2.73. The minimum atomic E-state index is -1.71. The largest absolute Gasteiger partial charge is 0.390 e. The summed E-state index contributed by atoms with van der Waals surface area (Å²) < 4.78 is 11.1. The van der Waals surface area contributed by atoms with Crippen molar-refractivity contribution in [2.24, 2.45) is 20.5 Å². The van der Waals surface area contributed by atoms with E-state index in [0.29, 0.717) is 0 Å². The van der Waals surface area contributed by atoms with Gasteiger partial charge in [-0.1, -0.05) is 20.5 Å². The van der Waals surface area contributed by atoms with Crippen molar-refractivity contribution < 1.29 is 29.9 Å². The smallest absolute Gasteiger partial charge is 0.169 e. The van der Waals surface area contributed by atoms with Gasteiger partial charge in [0.1, 0.15) is 18.2 Å². The van der Waals surface area contributed by atoms with Crippen molar-refractivity contribution in [2.75, 3.05) is 6.54 Å². The molecule has 0 radical (unpaired) electrons. The molecule has 10 atom stereocenters. The molecule has 30 heavy (non-hydrogen) atoms. The van der Waals surface area contributed by atoms with Crippen molar-refractivity contribution in [3.05, 3.63) is 41.8 Å². The second-order valence-corrected chi connectivity index (χ2v) is 6.50. The Balaban J connectivity index is 2.33. The monoisotopic (exact) mass is 426 g/mol. The number of ether oxygens (including phenoxy) is 2. The Labute approximate surface area is 167 Å². The normalized spacial score (nSPS) is 40.7. The van der Waals surface area contributed by atoms with E-state index in [0.717, 1.165) is 0 Å². The predicted molar refractivity (Wildman–Crippen MR) is 95.0 cm³/mol. The van der Waals surface area contributed by atoms with Gasteiger partial charge >= 0.3 is 0 Å². The second kappa shape index (κ2) is 10.7. The lowest BCUT2D eigenvalue weighted by Crippen LogP contribution is -2.62. The summed E-state index contributed by atoms with van der Waals surface area (Å²) in [5.41, 5.74) is 34.6. The number of nitrogens with zero attached hydrogens (tertiary/aromatic N) is 12. The van der Waals surface area contributed by atoms with Gasteiger partial charge in [0.05, 0.1) is 43.0 Å². The predicted octanol–water partition coefficient (Wildman–Crippen LogP) is 0.291. The fourth-order valence-electron chi connectivity index (χ4n) is 3.34. The van der Waals surface area contributed by atoms with Crippen molar-refractivity contribution in [2.45, 2.75) is 67.5 Å². The molecule has 1 saturated carbocycles. The summed E-state index contributed by atoms with van der Waals surface area (Å²) in [6, 6.07) is -3.72. The van der Waals surface area contributed by atoms with Crippen LogP contribution in [0.15, 0.2) is 20.5 Å². The number of hydrogen-bond donors (Lipinski definition) is 4. The standard InChI is InChI=1S/C12H18N12O6/c13-21-17-2-5-8(26)9(27)6(20-24-16)12(29-5)30-11-4(19-23-15)1-3(18-22-14)7(25)10(11)28/h3-12,25-28H,1-2H2/t3-,4?,5?,6?,7?,8-,9-,10-,11-,12-/m1/s1. The van der Waals surface area contributed by atoms with Crippen LogP contribution in [0.1, 0.15) is 6.42 Å². The Kier molecular flexibility index (Phi) is 8.29. The van der Waals surface area contributed by atoms with Crippen molar-refractivity contribution >= 4 is 0 Å². The molecule has 2 aliphatic rings. The first kappa shape index (κ1) is 23.3. The first-order valence-electron chi connectivity index (χ1n) is 8.56. The van der Waals surface area contributed by atoms with Gasteiger partial charge < -0.3 is 29.9 Å². The molecule has 2 fully saturated rings. The molecule has 0 aromatic heterocycles. The highest BCUT2D eigenvalue weighted by molar-refractivity contribution is 5.02. The van der Waals surface area contributed by atoms with Crippen LogP contribution in [-0.4, -0.2) is 88.0 Å². The van der Waals surface area contributed by atoms with Crippen LogP contribution in [0.25, 0.3) is 41.8 Å². The maximum absolute atomic E-state index is 10.4. The fourth-order valence-corrected chi connectivity index (χ4v) is 3.34. The van der Waals surface area contributed by atoms with E-state index in [2.05, 4.69) is 40.1 Å². The van der Waals surface area contributed by atoms with E-state index in [1.165, 1.54) is 0 Å². The quantitative estimate of drug-likeness (QED) is 0.251. The zero-order valence-electron chi connectivity index (χ0n) is 15.2. The molecule has 1 heterocycles. The van der Waals surface area contributed by atoms with Gasteiger partial charge in [-0.25, -0.2) is 0 Å². The molecule has 4 N–H and O–H groups in total. The minimum Gasteiger partial charge on any atom is -0.390 e. The van der Waals surface area contributed by atoms with E-state index in [4.69, 9.17) is 31.6 Å². The minimum absolute atomic E-state index is 0.177.